The van der Waals surface area contributed by atoms with E-state index in [0.29, 0.717) is 22.6 Å². The van der Waals surface area contributed by atoms with Crippen molar-refractivity contribution < 1.29 is 4.39 Å². The van der Waals surface area contributed by atoms with Gasteiger partial charge in [-0.05, 0) is 42.1 Å². The maximum atomic E-state index is 14.5. The van der Waals surface area contributed by atoms with Crippen molar-refractivity contribution in [3.63, 3.8) is 0 Å². The lowest BCUT2D eigenvalue weighted by Crippen LogP contribution is -2.27. The molecule has 1 N–H and O–H groups in total. The number of halogens is 1. The van der Waals surface area contributed by atoms with Crippen molar-refractivity contribution in [2.24, 2.45) is 7.05 Å². The third-order valence-electron chi connectivity index (χ3n) is 5.75. The standard InChI is InChI=1S/C20H18FN7S/c1-28-18(13(21)10-24-28)15-9-12(20(11-22)6-3-2-4-7-20)19-17(25-15)16(27-29-19)14-5-8-23-26-14/h5,8-10H,2-4,6-7H2,1H3,(H,23,26). The molecule has 0 spiro atoms. The van der Waals surface area contributed by atoms with Crippen molar-refractivity contribution in [2.45, 2.75) is 37.5 Å². The SMILES string of the molecule is Cn1ncc(F)c1-c1cc(C2(C#N)CCCCC2)c2snc(-c3ccn[nH]3)c2n1. The van der Waals surface area contributed by atoms with Crippen LogP contribution in [0, 0.1) is 17.1 Å². The highest BCUT2D eigenvalue weighted by Gasteiger charge is 2.37. The molecule has 0 radical (unpaired) electrons. The zero-order valence-corrected chi connectivity index (χ0v) is 16.6. The smallest absolute Gasteiger partial charge is 0.170 e. The Morgan fingerprint density at radius 3 is 2.79 bits per heavy atom. The predicted molar refractivity (Wildman–Crippen MR) is 108 cm³/mol. The third-order valence-corrected chi connectivity index (χ3v) is 6.62. The van der Waals surface area contributed by atoms with Gasteiger partial charge in [0.15, 0.2) is 5.82 Å². The summed E-state index contributed by atoms with van der Waals surface area (Å²) in [5, 5.41) is 21.1. The van der Waals surface area contributed by atoms with Crippen LogP contribution in [0.1, 0.15) is 37.7 Å². The molecule has 1 aliphatic carbocycles. The summed E-state index contributed by atoms with van der Waals surface area (Å²) in [6.45, 7) is 0. The average molecular weight is 407 g/mol. The van der Waals surface area contributed by atoms with Gasteiger partial charge in [0, 0.05) is 13.2 Å². The second kappa shape index (κ2) is 6.74. The molecule has 0 bridgehead atoms. The van der Waals surface area contributed by atoms with E-state index >= 15 is 0 Å². The number of hydrogen-bond donors (Lipinski definition) is 1. The maximum Gasteiger partial charge on any atom is 0.170 e. The van der Waals surface area contributed by atoms with Crippen molar-refractivity contribution in [1.29, 1.82) is 5.26 Å². The van der Waals surface area contributed by atoms with Crippen molar-refractivity contribution >= 4 is 21.7 Å². The summed E-state index contributed by atoms with van der Waals surface area (Å²) in [6.07, 6.45) is 7.54. The van der Waals surface area contributed by atoms with E-state index in [9.17, 15) is 9.65 Å². The Kier molecular flexibility index (Phi) is 4.17. The summed E-state index contributed by atoms with van der Waals surface area (Å²) in [7, 11) is 1.69. The second-order valence-corrected chi connectivity index (χ2v) is 8.23. The first-order valence-corrected chi connectivity index (χ1v) is 10.3. The van der Waals surface area contributed by atoms with Gasteiger partial charge in [-0.1, -0.05) is 19.3 Å². The Labute approximate surface area is 170 Å². The van der Waals surface area contributed by atoms with Crippen LogP contribution in [0.4, 0.5) is 4.39 Å². The zero-order chi connectivity index (χ0) is 20.0. The second-order valence-electron chi connectivity index (χ2n) is 7.45. The highest BCUT2D eigenvalue weighted by Crippen LogP contribution is 2.45. The summed E-state index contributed by atoms with van der Waals surface area (Å²) >= 11 is 1.33. The summed E-state index contributed by atoms with van der Waals surface area (Å²) in [4.78, 5) is 4.77. The lowest BCUT2D eigenvalue weighted by molar-refractivity contribution is 0.368. The number of aryl methyl sites for hydroxylation is 1. The van der Waals surface area contributed by atoms with Crippen molar-refractivity contribution in [3.8, 4) is 28.8 Å². The molecule has 0 amide bonds. The minimum absolute atomic E-state index is 0.304. The van der Waals surface area contributed by atoms with E-state index in [1.807, 2.05) is 12.1 Å². The summed E-state index contributed by atoms with van der Waals surface area (Å²) in [6, 6.07) is 6.28. The fraction of sp³-hybridized carbons (Fsp3) is 0.350. The van der Waals surface area contributed by atoms with E-state index in [4.69, 9.17) is 4.98 Å². The molecule has 7 nitrogen and oxygen atoms in total. The van der Waals surface area contributed by atoms with E-state index in [0.717, 1.165) is 48.1 Å². The number of nitrogens with one attached hydrogen (secondary N) is 1. The molecule has 0 atom stereocenters. The minimum Gasteiger partial charge on any atom is -0.276 e. The Hall–Kier alpha value is -3.12. The van der Waals surface area contributed by atoms with E-state index in [1.165, 1.54) is 22.4 Å². The summed E-state index contributed by atoms with van der Waals surface area (Å²) in [5.41, 5.74) is 3.12. The zero-order valence-electron chi connectivity index (χ0n) is 15.8. The van der Waals surface area contributed by atoms with E-state index in [1.54, 1.807) is 13.2 Å². The predicted octanol–water partition coefficient (Wildman–Crippen LogP) is 4.35. The van der Waals surface area contributed by atoms with E-state index in [2.05, 4.69) is 25.7 Å². The van der Waals surface area contributed by atoms with Gasteiger partial charge in [0.1, 0.15) is 16.9 Å². The number of hydrogen-bond acceptors (Lipinski definition) is 6. The van der Waals surface area contributed by atoms with Gasteiger partial charge in [0.2, 0.25) is 0 Å². The molecule has 0 aromatic carbocycles. The molecule has 9 heteroatoms. The number of aromatic amines is 1. The lowest BCUT2D eigenvalue weighted by atomic mass is 9.70. The van der Waals surface area contributed by atoms with Crippen molar-refractivity contribution in [1.82, 2.24) is 29.3 Å². The van der Waals surface area contributed by atoms with Gasteiger partial charge in [0.25, 0.3) is 0 Å². The normalized spacial score (nSPS) is 16.2. The molecule has 146 valence electrons. The fourth-order valence-electron chi connectivity index (χ4n) is 4.26. The Bertz CT molecular complexity index is 1210. The molecule has 4 heterocycles. The number of nitriles is 1. The van der Waals surface area contributed by atoms with Crippen LogP contribution in [0.5, 0.6) is 0 Å². The number of fused-ring (bicyclic) bond motifs is 1. The number of H-pyrrole nitrogens is 1. The molecular formula is C20H18FN7S. The highest BCUT2D eigenvalue weighted by atomic mass is 32.1. The Balaban J connectivity index is 1.83. The number of aromatic nitrogens is 6. The van der Waals surface area contributed by atoms with Crippen molar-refractivity contribution in [2.75, 3.05) is 0 Å². The van der Waals surface area contributed by atoms with Gasteiger partial charge in [-0.25, -0.2) is 9.37 Å². The first-order valence-electron chi connectivity index (χ1n) is 9.53. The Morgan fingerprint density at radius 2 is 2.14 bits per heavy atom. The number of rotatable bonds is 3. The molecule has 0 saturated heterocycles. The lowest BCUT2D eigenvalue weighted by Gasteiger charge is -2.31. The number of pyridine rings is 1. The minimum atomic E-state index is -0.610. The van der Waals surface area contributed by atoms with Crippen LogP contribution < -0.4 is 0 Å². The maximum absolute atomic E-state index is 14.5. The molecular weight excluding hydrogens is 389 g/mol. The van der Waals surface area contributed by atoms with Crippen molar-refractivity contribution in [3.05, 3.63) is 35.9 Å². The van der Waals surface area contributed by atoms with E-state index in [-0.39, 0.29) is 0 Å². The first-order chi connectivity index (χ1) is 14.1. The number of nitrogens with zero attached hydrogens (tertiary/aromatic N) is 6. The topological polar surface area (TPSA) is 96.1 Å². The molecule has 0 aliphatic heterocycles. The van der Waals surface area contributed by atoms with Crippen LogP contribution in [0.2, 0.25) is 0 Å². The van der Waals surface area contributed by atoms with Gasteiger partial charge >= 0.3 is 0 Å². The molecule has 1 aliphatic rings. The Morgan fingerprint density at radius 1 is 1.31 bits per heavy atom. The fourth-order valence-corrected chi connectivity index (χ4v) is 5.21. The summed E-state index contributed by atoms with van der Waals surface area (Å²) < 4.78 is 21.5. The largest absolute Gasteiger partial charge is 0.276 e. The monoisotopic (exact) mass is 407 g/mol. The molecule has 0 unspecified atom stereocenters. The van der Waals surface area contributed by atoms with Crippen LogP contribution >= 0.6 is 11.5 Å². The summed E-state index contributed by atoms with van der Waals surface area (Å²) in [5.74, 6) is -0.439. The van der Waals surface area contributed by atoms with Gasteiger partial charge < -0.3 is 0 Å². The van der Waals surface area contributed by atoms with Gasteiger partial charge in [-0.15, -0.1) is 0 Å². The first kappa shape index (κ1) is 17.9. The van der Waals surface area contributed by atoms with Crippen LogP contribution in [0.25, 0.3) is 33.0 Å². The quantitative estimate of drug-likeness (QED) is 0.545. The molecule has 29 heavy (non-hydrogen) atoms. The van der Waals surface area contributed by atoms with Crippen LogP contribution in [0.15, 0.2) is 24.5 Å². The van der Waals surface area contributed by atoms with Gasteiger partial charge in [-0.2, -0.15) is 19.8 Å². The van der Waals surface area contributed by atoms with Gasteiger partial charge in [-0.3, -0.25) is 9.78 Å². The highest BCUT2D eigenvalue weighted by molar-refractivity contribution is 7.13. The van der Waals surface area contributed by atoms with E-state index < -0.39 is 11.2 Å². The average Bonchev–Trinajstić information content (AvgIpc) is 3.48. The third kappa shape index (κ3) is 2.75. The molecule has 4 aromatic rings. The molecule has 5 rings (SSSR count). The van der Waals surface area contributed by atoms with Crippen LogP contribution in [-0.4, -0.2) is 29.3 Å². The molecule has 1 saturated carbocycles. The molecule has 4 aromatic heterocycles. The van der Waals surface area contributed by atoms with Crippen LogP contribution in [-0.2, 0) is 12.5 Å². The van der Waals surface area contributed by atoms with Crippen LogP contribution in [0.3, 0.4) is 0 Å². The van der Waals surface area contributed by atoms with Gasteiger partial charge in [0.05, 0.1) is 33.8 Å². The molecule has 1 fully saturated rings.